The van der Waals surface area contributed by atoms with Crippen LogP contribution in [0.1, 0.15) is 18.4 Å². The fraction of sp³-hybridized carbons (Fsp3) is 0.500. The molecule has 0 fully saturated rings. The number of rotatable bonds is 3. The third-order valence-corrected chi connectivity index (χ3v) is 1.61. The molecule has 66 valence electrons. The third-order valence-electron chi connectivity index (χ3n) is 1.61. The quantitative estimate of drug-likeness (QED) is 0.688. The Morgan fingerprint density at radius 3 is 2.75 bits per heavy atom. The molecule has 1 heterocycles. The first kappa shape index (κ1) is 8.93. The molecule has 0 aliphatic heterocycles. The number of aryl methyl sites for hydroxylation is 1. The first-order chi connectivity index (χ1) is 5.80. The molecule has 4 nitrogen and oxygen atoms in total. The molecule has 0 saturated carbocycles. The predicted molar refractivity (Wildman–Crippen MR) is 48.8 cm³/mol. The Morgan fingerprint density at radius 2 is 2.25 bits per heavy atom. The van der Waals surface area contributed by atoms with Crippen molar-refractivity contribution in [2.24, 2.45) is 5.73 Å². The lowest BCUT2D eigenvalue weighted by Crippen LogP contribution is -2.06. The second-order valence-electron chi connectivity index (χ2n) is 2.47. The molecule has 0 aliphatic rings. The lowest BCUT2D eigenvalue weighted by atomic mass is 10.3. The fourth-order valence-corrected chi connectivity index (χ4v) is 0.943. The topological polar surface area (TPSA) is 63.8 Å². The van der Waals surface area contributed by atoms with Gasteiger partial charge in [0.1, 0.15) is 11.6 Å². The van der Waals surface area contributed by atoms with Crippen LogP contribution in [-0.4, -0.2) is 17.0 Å². The van der Waals surface area contributed by atoms with Gasteiger partial charge in [0.25, 0.3) is 0 Å². The fourth-order valence-electron chi connectivity index (χ4n) is 0.943. The van der Waals surface area contributed by atoms with Gasteiger partial charge < -0.3 is 11.1 Å². The van der Waals surface area contributed by atoms with Gasteiger partial charge in [0.05, 0.1) is 5.69 Å². The molecule has 0 amide bonds. The highest BCUT2D eigenvalue weighted by molar-refractivity contribution is 5.35. The normalized spacial score (nSPS) is 9.92. The summed E-state index contributed by atoms with van der Waals surface area (Å²) in [6, 6.07) is 1.86. The van der Waals surface area contributed by atoms with E-state index < -0.39 is 0 Å². The second kappa shape index (κ2) is 4.01. The van der Waals surface area contributed by atoms with Gasteiger partial charge in [-0.05, 0) is 0 Å². The van der Waals surface area contributed by atoms with E-state index in [0.29, 0.717) is 6.54 Å². The van der Waals surface area contributed by atoms with Crippen molar-refractivity contribution in [1.29, 1.82) is 0 Å². The summed E-state index contributed by atoms with van der Waals surface area (Å²) in [6.45, 7) is 2.49. The number of nitrogens with zero attached hydrogens (tertiary/aromatic N) is 2. The summed E-state index contributed by atoms with van der Waals surface area (Å²) >= 11 is 0. The largest absolute Gasteiger partial charge is 0.373 e. The Kier molecular flexibility index (Phi) is 2.99. The summed E-state index contributed by atoms with van der Waals surface area (Å²) in [5.41, 5.74) is 6.36. The SMILES string of the molecule is CCc1nc(CN)cc(NC)n1. The molecule has 0 spiro atoms. The molecule has 1 aromatic heterocycles. The Labute approximate surface area is 72.2 Å². The molecule has 0 radical (unpaired) electrons. The zero-order chi connectivity index (χ0) is 8.97. The van der Waals surface area contributed by atoms with Crippen molar-refractivity contribution in [3.8, 4) is 0 Å². The average Bonchev–Trinajstić information content (AvgIpc) is 2.16. The lowest BCUT2D eigenvalue weighted by Gasteiger charge is -2.04. The number of nitrogens with two attached hydrogens (primary N) is 1. The minimum atomic E-state index is 0.463. The maximum absolute atomic E-state index is 5.48. The van der Waals surface area contributed by atoms with Crippen LogP contribution in [0.2, 0.25) is 0 Å². The van der Waals surface area contributed by atoms with Crippen LogP contribution in [0, 0.1) is 0 Å². The highest BCUT2D eigenvalue weighted by atomic mass is 15.0. The second-order valence-corrected chi connectivity index (χ2v) is 2.47. The first-order valence-electron chi connectivity index (χ1n) is 4.04. The van der Waals surface area contributed by atoms with Crippen molar-refractivity contribution in [1.82, 2.24) is 9.97 Å². The van der Waals surface area contributed by atoms with Gasteiger partial charge in [-0.2, -0.15) is 0 Å². The van der Waals surface area contributed by atoms with Gasteiger partial charge >= 0.3 is 0 Å². The Morgan fingerprint density at radius 1 is 1.50 bits per heavy atom. The molecule has 12 heavy (non-hydrogen) atoms. The Bertz CT molecular complexity index is 204. The zero-order valence-corrected chi connectivity index (χ0v) is 7.46. The molecule has 0 saturated heterocycles. The zero-order valence-electron chi connectivity index (χ0n) is 7.46. The van der Waals surface area contributed by atoms with Crippen LogP contribution in [0.5, 0.6) is 0 Å². The van der Waals surface area contributed by atoms with Crippen LogP contribution < -0.4 is 11.1 Å². The Hall–Kier alpha value is -1.16. The van der Waals surface area contributed by atoms with E-state index >= 15 is 0 Å². The van der Waals surface area contributed by atoms with E-state index in [0.717, 1.165) is 23.8 Å². The molecule has 1 rings (SSSR count). The number of hydrogen-bond donors (Lipinski definition) is 2. The van der Waals surface area contributed by atoms with Crippen molar-refractivity contribution in [2.45, 2.75) is 19.9 Å². The molecule has 0 unspecified atom stereocenters. The van der Waals surface area contributed by atoms with E-state index in [1.807, 2.05) is 20.0 Å². The maximum atomic E-state index is 5.48. The molecular weight excluding hydrogens is 152 g/mol. The average molecular weight is 166 g/mol. The predicted octanol–water partition coefficient (Wildman–Crippen LogP) is 0.539. The summed E-state index contributed by atoms with van der Waals surface area (Å²) < 4.78 is 0. The van der Waals surface area contributed by atoms with Crippen LogP contribution in [0.25, 0.3) is 0 Å². The van der Waals surface area contributed by atoms with Crippen molar-refractivity contribution >= 4 is 5.82 Å². The summed E-state index contributed by atoms with van der Waals surface area (Å²) in [6.07, 6.45) is 0.836. The van der Waals surface area contributed by atoms with Gasteiger partial charge in [-0.3, -0.25) is 0 Å². The number of anilines is 1. The maximum Gasteiger partial charge on any atom is 0.130 e. The van der Waals surface area contributed by atoms with Crippen molar-refractivity contribution < 1.29 is 0 Å². The van der Waals surface area contributed by atoms with Crippen LogP contribution in [0.3, 0.4) is 0 Å². The standard InChI is InChI=1S/C8H14N4/c1-3-7-11-6(5-9)4-8(10-2)12-7/h4H,3,5,9H2,1-2H3,(H,10,11,12). The summed E-state index contributed by atoms with van der Waals surface area (Å²) in [5.74, 6) is 1.67. The van der Waals surface area contributed by atoms with Crippen LogP contribution >= 0.6 is 0 Å². The van der Waals surface area contributed by atoms with Crippen molar-refractivity contribution in [2.75, 3.05) is 12.4 Å². The highest BCUT2D eigenvalue weighted by Crippen LogP contribution is 2.05. The van der Waals surface area contributed by atoms with Gasteiger partial charge in [0.15, 0.2) is 0 Å². The number of hydrogen-bond acceptors (Lipinski definition) is 4. The van der Waals surface area contributed by atoms with Crippen LogP contribution in [-0.2, 0) is 13.0 Å². The van der Waals surface area contributed by atoms with Gasteiger partial charge in [-0.1, -0.05) is 6.92 Å². The summed E-state index contributed by atoms with van der Waals surface area (Å²) in [7, 11) is 1.84. The van der Waals surface area contributed by atoms with E-state index in [2.05, 4.69) is 15.3 Å². The molecule has 4 heteroatoms. The van der Waals surface area contributed by atoms with Crippen molar-refractivity contribution in [3.05, 3.63) is 17.6 Å². The minimum Gasteiger partial charge on any atom is -0.373 e. The number of aromatic nitrogens is 2. The van der Waals surface area contributed by atoms with E-state index in [-0.39, 0.29) is 0 Å². The van der Waals surface area contributed by atoms with Crippen molar-refractivity contribution in [3.63, 3.8) is 0 Å². The van der Waals surface area contributed by atoms with E-state index in [1.165, 1.54) is 0 Å². The lowest BCUT2D eigenvalue weighted by molar-refractivity contribution is 0.878. The van der Waals surface area contributed by atoms with E-state index in [9.17, 15) is 0 Å². The van der Waals surface area contributed by atoms with Gasteiger partial charge in [0.2, 0.25) is 0 Å². The molecule has 0 bridgehead atoms. The monoisotopic (exact) mass is 166 g/mol. The van der Waals surface area contributed by atoms with E-state index in [1.54, 1.807) is 0 Å². The molecular formula is C8H14N4. The molecule has 0 aromatic carbocycles. The Balaban J connectivity index is 3.01. The van der Waals surface area contributed by atoms with Gasteiger partial charge in [0, 0.05) is 26.1 Å². The summed E-state index contributed by atoms with van der Waals surface area (Å²) in [5, 5.41) is 2.97. The van der Waals surface area contributed by atoms with Gasteiger partial charge in [-0.15, -0.1) is 0 Å². The van der Waals surface area contributed by atoms with E-state index in [4.69, 9.17) is 5.73 Å². The third kappa shape index (κ3) is 1.92. The molecule has 0 atom stereocenters. The number of nitrogens with one attached hydrogen (secondary N) is 1. The molecule has 0 aliphatic carbocycles. The summed E-state index contributed by atoms with van der Waals surface area (Å²) in [4.78, 5) is 8.48. The van der Waals surface area contributed by atoms with Gasteiger partial charge in [-0.25, -0.2) is 9.97 Å². The minimum absolute atomic E-state index is 0.463. The first-order valence-corrected chi connectivity index (χ1v) is 4.04. The van der Waals surface area contributed by atoms with Crippen LogP contribution in [0.15, 0.2) is 6.07 Å². The van der Waals surface area contributed by atoms with Crippen LogP contribution in [0.4, 0.5) is 5.82 Å². The highest BCUT2D eigenvalue weighted by Gasteiger charge is 1.99. The smallest absolute Gasteiger partial charge is 0.130 e. The molecule has 1 aromatic rings. The molecule has 3 N–H and O–H groups in total.